The summed E-state index contributed by atoms with van der Waals surface area (Å²) in [5, 5.41) is 23.6. The summed E-state index contributed by atoms with van der Waals surface area (Å²) in [4.78, 5) is 50.6. The number of carbonyl (C=O) groups excluding carboxylic acids is 3. The average Bonchev–Trinajstić information content (AvgIpc) is 4.00. The van der Waals surface area contributed by atoms with Gasteiger partial charge in [-0.2, -0.15) is 17.1 Å². The van der Waals surface area contributed by atoms with Crippen LogP contribution in [-0.4, -0.2) is 71.7 Å². The summed E-state index contributed by atoms with van der Waals surface area (Å²) >= 11 is 0. The maximum absolute atomic E-state index is 13.7. The van der Waals surface area contributed by atoms with Crippen molar-refractivity contribution in [2.45, 2.75) is 172 Å². The first-order chi connectivity index (χ1) is 30.9. The van der Waals surface area contributed by atoms with Crippen LogP contribution in [0.5, 0.6) is 0 Å². The number of Topliss-reactive ketones (excluding diaryl/α,β-unsaturated/α-hetero) is 1. The standard InChI is InChI=1S/C55H79N4O6.Mg/c1-13-39-34(7)41-29-46-48(38(11)60)36(9)43(57-46)27-42-35(8)40(52(58-42)50-51(55(63)64-12)54(62)49-37(10)44(59-53(49)50)28-45(39)56-41)23-24-47(61)65-26-25-33(6)22-16-21-32(5)20-15-19-31(4)18-14-17-30(2)3;/h25,28-32,34-35,39-40,42,51-52H,13-24,26-27H2,1-12H3,(H2-,56,57,60,62);/q-3;+2/p-1/b33-25+,45-28-;/t31-,32-,34-,35+,39-,40+,42-,51-,52-;/m1./s1. The van der Waals surface area contributed by atoms with Crippen molar-refractivity contribution in [2.75, 3.05) is 13.7 Å². The molecule has 1 N–H and O–H groups in total. The summed E-state index contributed by atoms with van der Waals surface area (Å²) in [6, 6.07) is -0.799. The summed E-state index contributed by atoms with van der Waals surface area (Å²) in [5.41, 5.74) is 7.91. The molecule has 0 aromatic carbocycles. The number of ketones is 1. The molecule has 2 aromatic heterocycles. The van der Waals surface area contributed by atoms with E-state index in [4.69, 9.17) is 30.1 Å². The van der Waals surface area contributed by atoms with Gasteiger partial charge < -0.3 is 35.2 Å². The molecule has 0 saturated carbocycles. The van der Waals surface area contributed by atoms with E-state index in [1.165, 1.54) is 57.6 Å². The molecule has 5 heterocycles. The van der Waals surface area contributed by atoms with Gasteiger partial charge in [-0.05, 0) is 82.6 Å². The minimum absolute atomic E-state index is 0. The van der Waals surface area contributed by atoms with Gasteiger partial charge in [0.2, 0.25) is 0 Å². The fraction of sp³-hybridized carbons (Fsp3) is 0.655. The zero-order chi connectivity index (χ0) is 47.3. The summed E-state index contributed by atoms with van der Waals surface area (Å²) in [6.45, 7) is 23.7. The van der Waals surface area contributed by atoms with Crippen molar-refractivity contribution in [3.8, 4) is 0 Å². The molecular formula is C55H78MgN4O6-2. The smallest absolute Gasteiger partial charge is 0.664 e. The Morgan fingerprint density at radius 1 is 0.879 bits per heavy atom. The Morgan fingerprint density at radius 3 is 2.17 bits per heavy atom. The maximum Gasteiger partial charge on any atom is 2.00 e. The zero-order valence-corrected chi connectivity index (χ0v) is 43.8. The Hall–Kier alpha value is -3.54. The molecule has 358 valence electrons. The molecule has 3 aliphatic heterocycles. The molecule has 9 atom stereocenters. The molecule has 0 amide bonds. The minimum Gasteiger partial charge on any atom is -0.664 e. The van der Waals surface area contributed by atoms with Crippen molar-refractivity contribution in [3.63, 3.8) is 0 Å². The summed E-state index contributed by atoms with van der Waals surface area (Å²) in [5.74, 6) is 0.246. The van der Waals surface area contributed by atoms with E-state index < -0.39 is 17.9 Å². The normalized spacial score (nSPS) is 26.0. The number of hydrogen-bond donors (Lipinski definition) is 1. The Morgan fingerprint density at radius 2 is 1.53 bits per heavy atom. The Kier molecular flexibility index (Phi) is 19.1. The van der Waals surface area contributed by atoms with E-state index >= 15 is 0 Å². The molecule has 4 aliphatic rings. The van der Waals surface area contributed by atoms with E-state index in [0.29, 0.717) is 51.9 Å². The van der Waals surface area contributed by atoms with E-state index in [1.807, 2.05) is 32.1 Å². The molecule has 6 rings (SSSR count). The SMILES string of the molecule is CC[C@H]1/C2=C/c3[n-]c4c(c3C)=C(O)[C@H](C(=O)OC)C=4[C@@H]3[N-][C@H](Cc4[n-]c(c(C(C)=O)c4C)/C=C(\[N-]2)[C@@H]1C)[C@@H](C)[C@@H]3CCC(=O)OC/C=C(\C)CCC[C@H](C)CCC[C@H](C)CCCC(C)C.[Mg+2]. The molecule has 2 fully saturated rings. The van der Waals surface area contributed by atoms with Crippen molar-refractivity contribution in [1.29, 1.82) is 0 Å². The van der Waals surface area contributed by atoms with Crippen molar-refractivity contribution in [3.05, 3.63) is 78.0 Å². The Bertz CT molecular complexity index is 2280. The van der Waals surface area contributed by atoms with Crippen LogP contribution in [0.2, 0.25) is 0 Å². The largest absolute Gasteiger partial charge is 2.00 e. The fourth-order valence-corrected chi connectivity index (χ4v) is 11.3. The summed E-state index contributed by atoms with van der Waals surface area (Å²) in [7, 11) is 1.33. The number of aliphatic hydroxyl groups is 1. The number of carbonyl (C=O) groups is 3. The van der Waals surface area contributed by atoms with Gasteiger partial charge in [0.15, 0.2) is 5.78 Å². The van der Waals surface area contributed by atoms with Crippen LogP contribution in [0.4, 0.5) is 0 Å². The number of aromatic nitrogens is 2. The van der Waals surface area contributed by atoms with Gasteiger partial charge >= 0.3 is 35.0 Å². The number of nitrogens with zero attached hydrogens (tertiary/aromatic N) is 4. The predicted octanol–water partition coefficient (Wildman–Crippen LogP) is 10.7. The minimum atomic E-state index is -1.07. The maximum atomic E-state index is 13.7. The molecule has 0 spiro atoms. The molecule has 1 aliphatic carbocycles. The van der Waals surface area contributed by atoms with Gasteiger partial charge in [0.25, 0.3) is 0 Å². The van der Waals surface area contributed by atoms with Crippen LogP contribution in [0.1, 0.15) is 178 Å². The molecule has 0 unspecified atom stereocenters. The number of ether oxygens (including phenoxy) is 2. The average molecular weight is 916 g/mol. The van der Waals surface area contributed by atoms with Crippen LogP contribution in [0.15, 0.2) is 23.0 Å². The monoisotopic (exact) mass is 915 g/mol. The zero-order valence-electron chi connectivity index (χ0n) is 42.4. The first-order valence-corrected chi connectivity index (χ1v) is 25.0. The van der Waals surface area contributed by atoms with Crippen molar-refractivity contribution in [2.24, 2.45) is 47.3 Å². The molecular weight excluding hydrogens is 837 g/mol. The Labute approximate surface area is 411 Å². The third kappa shape index (κ3) is 12.0. The van der Waals surface area contributed by atoms with Gasteiger partial charge in [0, 0.05) is 17.2 Å². The number of methoxy groups -OCH3 is 1. The Balaban J connectivity index is 0.00000817. The van der Waals surface area contributed by atoms with E-state index in [0.717, 1.165) is 59.3 Å². The summed E-state index contributed by atoms with van der Waals surface area (Å²) in [6.07, 6.45) is 19.3. The van der Waals surface area contributed by atoms with E-state index in [9.17, 15) is 19.5 Å². The van der Waals surface area contributed by atoms with Crippen LogP contribution in [0.3, 0.4) is 0 Å². The van der Waals surface area contributed by atoms with E-state index in [1.54, 1.807) is 6.92 Å². The molecule has 8 bridgehead atoms. The van der Waals surface area contributed by atoms with Crippen LogP contribution < -0.4 is 20.5 Å². The third-order valence-corrected chi connectivity index (χ3v) is 15.4. The topological polar surface area (TPSA) is 146 Å². The van der Waals surface area contributed by atoms with Crippen molar-refractivity contribution < 1.29 is 29.0 Å². The van der Waals surface area contributed by atoms with Crippen LogP contribution in [-0.2, 0) is 25.5 Å². The number of aliphatic hydroxyl groups excluding tert-OH is 1. The van der Waals surface area contributed by atoms with Crippen LogP contribution in [0.25, 0.3) is 34.1 Å². The fourth-order valence-electron chi connectivity index (χ4n) is 11.3. The van der Waals surface area contributed by atoms with E-state index in [-0.39, 0.29) is 83.3 Å². The number of hydrogen-bond acceptors (Lipinski definition) is 6. The summed E-state index contributed by atoms with van der Waals surface area (Å²) < 4.78 is 11.1. The van der Waals surface area contributed by atoms with Crippen molar-refractivity contribution >= 4 is 64.3 Å². The molecule has 66 heavy (non-hydrogen) atoms. The van der Waals surface area contributed by atoms with E-state index in [2.05, 4.69) is 55.4 Å². The quantitative estimate of drug-likeness (QED) is 0.0598. The van der Waals surface area contributed by atoms with Gasteiger partial charge in [0.1, 0.15) is 18.3 Å². The molecule has 2 aromatic rings. The number of fused-ring (bicyclic) bond motifs is 8. The first-order valence-electron chi connectivity index (χ1n) is 25.0. The number of rotatable bonds is 20. The number of allylic oxidation sites excluding steroid dienone is 3. The molecule has 11 heteroatoms. The third-order valence-electron chi connectivity index (χ3n) is 15.4. The van der Waals surface area contributed by atoms with Crippen LogP contribution >= 0.6 is 0 Å². The predicted molar refractivity (Wildman–Crippen MR) is 267 cm³/mol. The van der Waals surface area contributed by atoms with Gasteiger partial charge in [-0.15, -0.1) is 28.8 Å². The number of esters is 2. The molecule has 0 radical (unpaired) electrons. The second-order valence-corrected chi connectivity index (χ2v) is 20.7. The van der Waals surface area contributed by atoms with Gasteiger partial charge in [-0.25, -0.2) is 0 Å². The molecule has 2 saturated heterocycles. The second kappa shape index (κ2) is 23.6. The first kappa shape index (κ1) is 53.4. The van der Waals surface area contributed by atoms with Gasteiger partial charge in [0.05, 0.1) is 7.11 Å². The second-order valence-electron chi connectivity index (χ2n) is 20.7. The van der Waals surface area contributed by atoms with Crippen molar-refractivity contribution in [1.82, 2.24) is 9.97 Å². The van der Waals surface area contributed by atoms with Crippen LogP contribution in [0, 0.1) is 61.2 Å². The van der Waals surface area contributed by atoms with Gasteiger partial charge in [-0.1, -0.05) is 153 Å². The molecule has 10 nitrogen and oxygen atoms in total. The van der Waals surface area contributed by atoms with Gasteiger partial charge in [-0.3, -0.25) is 14.4 Å².